The van der Waals surface area contributed by atoms with Gasteiger partial charge in [0.15, 0.2) is 5.65 Å². The minimum Gasteiger partial charge on any atom is -0.459 e. The summed E-state index contributed by atoms with van der Waals surface area (Å²) in [5.41, 5.74) is 2.40. The summed E-state index contributed by atoms with van der Waals surface area (Å²) in [6.45, 7) is 1.78. The quantitative estimate of drug-likeness (QED) is 0.598. The van der Waals surface area contributed by atoms with E-state index < -0.39 is 14.8 Å². The first-order valence-electron chi connectivity index (χ1n) is 11.8. The fraction of sp³-hybridized carbons (Fsp3) is 0.480. The van der Waals surface area contributed by atoms with Crippen LogP contribution in [0.5, 0.6) is 0 Å². The third-order valence-electron chi connectivity index (χ3n) is 6.90. The van der Waals surface area contributed by atoms with Gasteiger partial charge in [-0.15, -0.1) is 0 Å². The Morgan fingerprint density at radius 3 is 2.76 bits per heavy atom. The van der Waals surface area contributed by atoms with E-state index in [9.17, 15) is 8.42 Å². The molecule has 0 spiro atoms. The Morgan fingerprint density at radius 2 is 1.97 bits per heavy atom. The molecule has 1 fully saturated rings. The highest BCUT2D eigenvalue weighted by molar-refractivity contribution is 7.91. The number of aromatic nitrogens is 2. The molecule has 2 aromatic heterocycles. The second-order valence-electron chi connectivity index (χ2n) is 9.34. The van der Waals surface area contributed by atoms with Gasteiger partial charge in [-0.1, -0.05) is 43.1 Å². The lowest BCUT2D eigenvalue weighted by Crippen LogP contribution is -2.38. The Labute approximate surface area is 195 Å². The third kappa shape index (κ3) is 4.28. The van der Waals surface area contributed by atoms with E-state index in [1.54, 1.807) is 19.3 Å². The summed E-state index contributed by atoms with van der Waals surface area (Å²) in [6, 6.07) is 4.23. The average Bonchev–Trinajstić information content (AvgIpc) is 3.49. The molecule has 3 aliphatic rings. The Balaban J connectivity index is 1.41. The molecule has 5 rings (SSSR count). The number of nitrogens with one attached hydrogen (secondary N) is 1. The maximum Gasteiger partial charge on any atom is 0.249 e. The Kier molecular flexibility index (Phi) is 5.95. The lowest BCUT2D eigenvalue weighted by atomic mass is 9.94. The number of anilines is 1. The van der Waals surface area contributed by atoms with E-state index in [0.29, 0.717) is 31.0 Å². The number of allylic oxidation sites excluding steroid dienone is 3. The number of nitrogens with zero attached hydrogens (tertiary/aromatic N) is 2. The van der Waals surface area contributed by atoms with Crippen molar-refractivity contribution in [1.29, 1.82) is 0 Å². The van der Waals surface area contributed by atoms with Gasteiger partial charge >= 0.3 is 0 Å². The van der Waals surface area contributed by atoms with E-state index in [4.69, 9.17) is 9.47 Å². The van der Waals surface area contributed by atoms with Crippen LogP contribution in [0.2, 0.25) is 0 Å². The van der Waals surface area contributed by atoms with E-state index in [-0.39, 0.29) is 6.29 Å². The van der Waals surface area contributed by atoms with Crippen molar-refractivity contribution < 1.29 is 17.9 Å². The summed E-state index contributed by atoms with van der Waals surface area (Å²) in [6.07, 6.45) is 19.7. The van der Waals surface area contributed by atoms with Crippen LogP contribution in [0.1, 0.15) is 58.3 Å². The van der Waals surface area contributed by atoms with Crippen LogP contribution in [0.15, 0.2) is 60.9 Å². The highest BCUT2D eigenvalue weighted by Gasteiger charge is 2.40. The monoisotopic (exact) mass is 469 g/mol. The van der Waals surface area contributed by atoms with Gasteiger partial charge < -0.3 is 14.8 Å². The van der Waals surface area contributed by atoms with Gasteiger partial charge in [0.05, 0.1) is 0 Å². The first-order valence-corrected chi connectivity index (χ1v) is 13.2. The molecule has 1 N–H and O–H groups in total. The molecule has 2 aromatic rings. The molecule has 0 bridgehead atoms. The predicted octanol–water partition coefficient (Wildman–Crippen LogP) is 5.23. The molecule has 1 aliphatic heterocycles. The van der Waals surface area contributed by atoms with Crippen LogP contribution < -0.4 is 5.32 Å². The van der Waals surface area contributed by atoms with Crippen LogP contribution in [-0.4, -0.2) is 34.5 Å². The summed E-state index contributed by atoms with van der Waals surface area (Å²) in [7, 11) is -3.74. The molecule has 3 heterocycles. The molecule has 0 saturated heterocycles. The highest BCUT2D eigenvalue weighted by Crippen LogP contribution is 2.35. The lowest BCUT2D eigenvalue weighted by molar-refractivity contribution is -0.0273. The van der Waals surface area contributed by atoms with Gasteiger partial charge in [-0.25, -0.2) is 17.4 Å². The van der Waals surface area contributed by atoms with Crippen LogP contribution in [-0.2, 0) is 19.5 Å². The number of ether oxygens (including phenoxy) is 2. The second-order valence-corrected chi connectivity index (χ2v) is 11.6. The van der Waals surface area contributed by atoms with E-state index in [1.807, 2.05) is 30.4 Å². The van der Waals surface area contributed by atoms with E-state index >= 15 is 0 Å². The maximum absolute atomic E-state index is 13.9. The van der Waals surface area contributed by atoms with Crippen LogP contribution in [0.3, 0.4) is 0 Å². The summed E-state index contributed by atoms with van der Waals surface area (Å²) in [4.78, 5) is 4.46. The van der Waals surface area contributed by atoms with Crippen LogP contribution in [0.25, 0.3) is 11.0 Å². The molecule has 0 radical (unpaired) electrons. The zero-order valence-electron chi connectivity index (χ0n) is 18.9. The number of hydrogen-bond donors (Lipinski definition) is 1. The SMILES string of the molecule is CC1(S(=O)(=O)n2ccc3c(NC4CCCCC4)ccnc32)C=C(CCC2OC=CO2)C=CC1. The van der Waals surface area contributed by atoms with E-state index in [2.05, 4.69) is 10.3 Å². The Bertz CT molecular complexity index is 1200. The molecule has 33 heavy (non-hydrogen) atoms. The zero-order valence-corrected chi connectivity index (χ0v) is 19.8. The molecule has 8 heteroatoms. The number of pyridine rings is 1. The summed E-state index contributed by atoms with van der Waals surface area (Å²) < 4.78 is 38.7. The number of hydrogen-bond acceptors (Lipinski definition) is 6. The Hall–Kier alpha value is -2.74. The van der Waals surface area contributed by atoms with Gasteiger partial charge in [0.25, 0.3) is 0 Å². The smallest absolute Gasteiger partial charge is 0.249 e. The van der Waals surface area contributed by atoms with Crippen molar-refractivity contribution in [3.8, 4) is 0 Å². The molecule has 1 saturated carbocycles. The zero-order chi connectivity index (χ0) is 22.9. The molecular formula is C25H31N3O4S. The third-order valence-corrected chi connectivity index (χ3v) is 9.17. The molecule has 0 aromatic carbocycles. The van der Waals surface area contributed by atoms with Crippen LogP contribution in [0, 0.1) is 0 Å². The number of rotatable bonds is 7. The first-order chi connectivity index (χ1) is 16.0. The Morgan fingerprint density at radius 1 is 1.18 bits per heavy atom. The average molecular weight is 470 g/mol. The van der Waals surface area contributed by atoms with Crippen molar-refractivity contribution in [2.24, 2.45) is 0 Å². The minimum absolute atomic E-state index is 0.309. The van der Waals surface area contributed by atoms with Crippen LogP contribution >= 0.6 is 0 Å². The highest BCUT2D eigenvalue weighted by atomic mass is 32.2. The molecular weight excluding hydrogens is 438 g/mol. The second kappa shape index (κ2) is 8.89. The molecule has 1 unspecified atom stereocenters. The van der Waals surface area contributed by atoms with Crippen LogP contribution in [0.4, 0.5) is 5.69 Å². The fourth-order valence-electron chi connectivity index (χ4n) is 5.00. The van der Waals surface area contributed by atoms with Gasteiger partial charge in [0.2, 0.25) is 16.3 Å². The summed E-state index contributed by atoms with van der Waals surface area (Å²) >= 11 is 0. The van der Waals surface area contributed by atoms with Crippen molar-refractivity contribution in [3.05, 3.63) is 60.9 Å². The first kappa shape index (κ1) is 22.1. The maximum atomic E-state index is 13.9. The molecule has 0 amide bonds. The normalized spacial score (nSPS) is 24.0. The van der Waals surface area contributed by atoms with E-state index in [0.717, 1.165) is 29.5 Å². The summed E-state index contributed by atoms with van der Waals surface area (Å²) in [5, 5.41) is 4.47. The van der Waals surface area contributed by atoms with E-state index in [1.165, 1.54) is 35.8 Å². The summed E-state index contributed by atoms with van der Waals surface area (Å²) in [5.74, 6) is 0. The molecule has 176 valence electrons. The molecule has 7 nitrogen and oxygen atoms in total. The van der Waals surface area contributed by atoms with Gasteiger partial charge in [-0.05, 0) is 44.7 Å². The topological polar surface area (TPSA) is 82.5 Å². The fourth-order valence-corrected chi connectivity index (χ4v) is 6.65. The molecule has 2 aliphatic carbocycles. The molecule has 1 atom stereocenters. The predicted molar refractivity (Wildman–Crippen MR) is 129 cm³/mol. The minimum atomic E-state index is -3.74. The largest absolute Gasteiger partial charge is 0.459 e. The van der Waals surface area contributed by atoms with Gasteiger partial charge in [0.1, 0.15) is 17.3 Å². The standard InChI is InChI=1S/C25H31N3O4S/c1-25(13-5-6-19(18-25)9-10-23-31-16-17-32-23)33(29,30)28-15-12-21-22(11-14-26-24(21)28)27-20-7-3-2-4-8-20/h5-6,11-12,14-18,20,23H,2-4,7-10,13H2,1H3,(H,26,27). The number of fused-ring (bicyclic) bond motifs is 1. The van der Waals surface area contributed by atoms with Gasteiger partial charge in [-0.3, -0.25) is 0 Å². The van der Waals surface area contributed by atoms with Gasteiger partial charge in [0, 0.05) is 35.9 Å². The van der Waals surface area contributed by atoms with Crippen molar-refractivity contribution in [1.82, 2.24) is 8.96 Å². The van der Waals surface area contributed by atoms with Crippen molar-refractivity contribution >= 4 is 26.7 Å². The van der Waals surface area contributed by atoms with Crippen molar-refractivity contribution in [2.45, 2.75) is 75.4 Å². The van der Waals surface area contributed by atoms with Crippen molar-refractivity contribution in [3.63, 3.8) is 0 Å². The lowest BCUT2D eigenvalue weighted by Gasteiger charge is -2.29. The van der Waals surface area contributed by atoms with Crippen molar-refractivity contribution in [2.75, 3.05) is 5.32 Å². The van der Waals surface area contributed by atoms with Gasteiger partial charge in [-0.2, -0.15) is 0 Å².